The van der Waals surface area contributed by atoms with Crippen LogP contribution in [0.3, 0.4) is 0 Å². The molecule has 0 bridgehead atoms. The molecule has 9 nitrogen and oxygen atoms in total. The van der Waals surface area contributed by atoms with Crippen molar-refractivity contribution in [3.05, 3.63) is 70.4 Å². The van der Waals surface area contributed by atoms with Crippen molar-refractivity contribution in [1.82, 2.24) is 14.3 Å². The van der Waals surface area contributed by atoms with E-state index >= 15 is 4.39 Å². The van der Waals surface area contributed by atoms with E-state index in [1.807, 2.05) is 31.2 Å². The normalized spacial score (nSPS) is 18.6. The van der Waals surface area contributed by atoms with Gasteiger partial charge >= 0.3 is 11.9 Å². The molecule has 0 amide bonds. The van der Waals surface area contributed by atoms with E-state index in [1.165, 1.54) is 20.3 Å². The zero-order valence-corrected chi connectivity index (χ0v) is 24.5. The lowest BCUT2D eigenvalue weighted by Gasteiger charge is -2.15. The van der Waals surface area contributed by atoms with Crippen molar-refractivity contribution in [2.45, 2.75) is 51.4 Å². The number of hydrogen-bond donors (Lipinski definition) is 0. The third-order valence-corrected chi connectivity index (χ3v) is 8.73. The Hall–Kier alpha value is -4.18. The molecule has 0 radical (unpaired) electrons. The zero-order chi connectivity index (χ0) is 29.8. The predicted molar refractivity (Wildman–Crippen MR) is 153 cm³/mol. The summed E-state index contributed by atoms with van der Waals surface area (Å²) in [6, 6.07) is 10.7. The summed E-state index contributed by atoms with van der Waals surface area (Å²) in [4.78, 5) is 25.0. The fraction of sp³-hybridized carbons (Fsp3) is 0.406. The molecule has 6 rings (SSSR count). The number of methoxy groups -OCH3 is 3. The quantitative estimate of drug-likeness (QED) is 0.226. The SMILES string of the molecule is COC(=O)CCc1c(C(=O)OC)n(C)c2c(-c3c(C)nn(C45CC4C5)c3COCc3ccc(OC)cc3)c(F)ccc12. The number of ether oxygens (including phenoxy) is 4. The van der Waals surface area contributed by atoms with Gasteiger partial charge in [-0.2, -0.15) is 5.10 Å². The second-order valence-electron chi connectivity index (χ2n) is 11.1. The maximum absolute atomic E-state index is 16.0. The molecule has 0 atom stereocenters. The number of hydrogen-bond acceptors (Lipinski definition) is 7. The summed E-state index contributed by atoms with van der Waals surface area (Å²) in [5, 5.41) is 5.60. The molecule has 2 aliphatic rings. The van der Waals surface area contributed by atoms with E-state index in [0.29, 0.717) is 45.8 Å². The van der Waals surface area contributed by atoms with Crippen LogP contribution in [0.1, 0.15) is 52.3 Å². The van der Waals surface area contributed by atoms with E-state index in [4.69, 9.17) is 24.0 Å². The molecule has 0 spiro atoms. The van der Waals surface area contributed by atoms with Crippen LogP contribution in [0.2, 0.25) is 0 Å². The van der Waals surface area contributed by atoms with Gasteiger partial charge in [-0.1, -0.05) is 12.1 Å². The molecule has 0 saturated heterocycles. The van der Waals surface area contributed by atoms with Gasteiger partial charge in [-0.05, 0) is 67.5 Å². The highest BCUT2D eigenvalue weighted by atomic mass is 19.1. The summed E-state index contributed by atoms with van der Waals surface area (Å²) in [6.45, 7) is 2.48. The average molecular weight is 576 g/mol. The van der Waals surface area contributed by atoms with Crippen molar-refractivity contribution in [3.8, 4) is 16.9 Å². The third-order valence-electron chi connectivity index (χ3n) is 8.73. The molecular formula is C32H34FN3O6. The lowest BCUT2D eigenvalue weighted by atomic mass is 9.97. The molecule has 2 heterocycles. The highest BCUT2D eigenvalue weighted by Crippen LogP contribution is 2.73. The molecule has 220 valence electrons. The second kappa shape index (κ2) is 10.6. The lowest BCUT2D eigenvalue weighted by Crippen LogP contribution is -2.14. The molecule has 0 N–H and O–H groups in total. The van der Waals surface area contributed by atoms with E-state index in [9.17, 15) is 9.59 Å². The minimum atomic E-state index is -0.562. The van der Waals surface area contributed by atoms with E-state index in [-0.39, 0.29) is 30.7 Å². The lowest BCUT2D eigenvalue weighted by molar-refractivity contribution is -0.140. The van der Waals surface area contributed by atoms with Crippen LogP contribution in [0, 0.1) is 18.7 Å². The minimum Gasteiger partial charge on any atom is -0.497 e. The Morgan fingerprint density at radius 2 is 1.74 bits per heavy atom. The van der Waals surface area contributed by atoms with Crippen molar-refractivity contribution in [1.29, 1.82) is 0 Å². The standard InChI is InChI=1S/C32H34FN3O6/c1-18-27(25(36(34-18)32-14-20(32)15-32)17-42-16-19-6-8-21(39-3)9-7-19)28-24(33)12-10-22-23(11-13-26(37)40-4)30(31(38)41-5)35(2)29(22)28/h6-10,12,20H,11,13-17H2,1-5H3. The Bertz CT molecular complexity index is 1700. The zero-order valence-electron chi connectivity index (χ0n) is 24.5. The minimum absolute atomic E-state index is 0.0107. The van der Waals surface area contributed by atoms with Crippen LogP contribution in [0.4, 0.5) is 4.39 Å². The number of carbonyl (C=O) groups excluding carboxylic acids is 2. The number of benzene rings is 2. The molecule has 42 heavy (non-hydrogen) atoms. The van der Waals surface area contributed by atoms with Crippen molar-refractivity contribution in [2.24, 2.45) is 13.0 Å². The molecular weight excluding hydrogens is 541 g/mol. The van der Waals surface area contributed by atoms with Gasteiger partial charge in [0.05, 0.1) is 57.0 Å². The first-order valence-corrected chi connectivity index (χ1v) is 14.0. The predicted octanol–water partition coefficient (Wildman–Crippen LogP) is 5.23. The van der Waals surface area contributed by atoms with E-state index in [0.717, 1.165) is 29.8 Å². The first-order valence-electron chi connectivity index (χ1n) is 14.0. The molecule has 10 heteroatoms. The van der Waals surface area contributed by atoms with Gasteiger partial charge in [-0.25, -0.2) is 9.18 Å². The number of halogens is 1. The van der Waals surface area contributed by atoms with Gasteiger partial charge in [-0.15, -0.1) is 0 Å². The average Bonchev–Trinajstić information content (AvgIpc) is 3.82. The monoisotopic (exact) mass is 575 g/mol. The van der Waals surface area contributed by atoms with Crippen LogP contribution in [0.25, 0.3) is 22.0 Å². The third kappa shape index (κ3) is 4.54. The fourth-order valence-corrected chi connectivity index (χ4v) is 6.19. The molecule has 2 aliphatic carbocycles. The highest BCUT2D eigenvalue weighted by Gasteiger charge is 2.72. The van der Waals surface area contributed by atoms with Gasteiger partial charge in [0.25, 0.3) is 0 Å². The van der Waals surface area contributed by atoms with Crippen LogP contribution >= 0.6 is 0 Å². The van der Waals surface area contributed by atoms with Gasteiger partial charge in [0, 0.05) is 30.0 Å². The van der Waals surface area contributed by atoms with Crippen LogP contribution in [-0.4, -0.2) is 47.6 Å². The van der Waals surface area contributed by atoms with Crippen molar-refractivity contribution >= 4 is 22.8 Å². The smallest absolute Gasteiger partial charge is 0.354 e. The van der Waals surface area contributed by atoms with E-state index in [2.05, 4.69) is 4.68 Å². The summed E-state index contributed by atoms with van der Waals surface area (Å²) in [5.41, 5.74) is 4.91. The number of rotatable bonds is 11. The summed E-state index contributed by atoms with van der Waals surface area (Å²) in [6.07, 6.45) is 2.41. The Morgan fingerprint density at radius 1 is 1.02 bits per heavy atom. The van der Waals surface area contributed by atoms with Gasteiger partial charge < -0.3 is 23.5 Å². The largest absolute Gasteiger partial charge is 0.497 e. The van der Waals surface area contributed by atoms with Crippen LogP contribution in [0.15, 0.2) is 36.4 Å². The Balaban J connectivity index is 1.46. The number of fused-ring (bicyclic) bond motifs is 2. The number of nitrogens with zero attached hydrogens (tertiary/aromatic N) is 3. The number of esters is 2. The number of carbonyl (C=O) groups is 2. The first kappa shape index (κ1) is 28.0. The fourth-order valence-electron chi connectivity index (χ4n) is 6.19. The van der Waals surface area contributed by atoms with Crippen LogP contribution in [-0.2, 0) is 51.2 Å². The number of aryl methyl sites for hydroxylation is 3. The molecule has 0 aliphatic heterocycles. The summed E-state index contributed by atoms with van der Waals surface area (Å²) in [7, 11) is 5.97. The Kier molecular flexibility index (Phi) is 7.04. The maximum atomic E-state index is 16.0. The Labute approximate surface area is 243 Å². The van der Waals surface area contributed by atoms with E-state index < -0.39 is 17.8 Å². The molecule has 0 unspecified atom stereocenters. The maximum Gasteiger partial charge on any atom is 0.354 e. The molecule has 2 fully saturated rings. The van der Waals surface area contributed by atoms with E-state index in [1.54, 1.807) is 24.8 Å². The molecule has 2 saturated carbocycles. The van der Waals surface area contributed by atoms with Crippen molar-refractivity contribution in [2.75, 3.05) is 21.3 Å². The molecule has 2 aromatic carbocycles. The summed E-state index contributed by atoms with van der Waals surface area (Å²) < 4.78 is 41.2. The number of aromatic nitrogens is 3. The Morgan fingerprint density at radius 3 is 2.36 bits per heavy atom. The van der Waals surface area contributed by atoms with Gasteiger partial charge in [0.2, 0.25) is 0 Å². The van der Waals surface area contributed by atoms with Crippen molar-refractivity contribution < 1.29 is 32.9 Å². The molecule has 2 aromatic heterocycles. The van der Waals surface area contributed by atoms with Gasteiger partial charge in [-0.3, -0.25) is 9.48 Å². The van der Waals surface area contributed by atoms with Crippen LogP contribution < -0.4 is 4.74 Å². The van der Waals surface area contributed by atoms with Gasteiger partial charge in [0.1, 0.15) is 17.3 Å². The summed E-state index contributed by atoms with van der Waals surface area (Å²) in [5.74, 6) is -0.0321. The van der Waals surface area contributed by atoms with Crippen LogP contribution in [0.5, 0.6) is 5.75 Å². The van der Waals surface area contributed by atoms with Gasteiger partial charge in [0.15, 0.2) is 0 Å². The second-order valence-corrected chi connectivity index (χ2v) is 11.1. The first-order chi connectivity index (χ1) is 20.2. The topological polar surface area (TPSA) is 93.8 Å². The molecule has 4 aromatic rings. The summed E-state index contributed by atoms with van der Waals surface area (Å²) >= 11 is 0. The highest BCUT2D eigenvalue weighted by molar-refractivity contribution is 6.05. The van der Waals surface area contributed by atoms with Crippen molar-refractivity contribution in [3.63, 3.8) is 0 Å².